The van der Waals surface area contributed by atoms with Crippen LogP contribution < -0.4 is 15.4 Å². The van der Waals surface area contributed by atoms with Crippen molar-refractivity contribution in [3.8, 4) is 5.75 Å². The lowest BCUT2D eigenvalue weighted by Gasteiger charge is -2.31. The van der Waals surface area contributed by atoms with Crippen LogP contribution >= 0.6 is 0 Å². The second-order valence-corrected chi connectivity index (χ2v) is 8.71. The Balaban J connectivity index is 1.66. The molecule has 1 saturated heterocycles. The van der Waals surface area contributed by atoms with E-state index in [1.165, 1.54) is 24.1 Å². The number of hydrogen-bond acceptors (Lipinski definition) is 10. The molecule has 1 heterocycles. The number of carbonyl (C=O) groups is 4. The first-order chi connectivity index (χ1) is 19.4. The van der Waals surface area contributed by atoms with Crippen molar-refractivity contribution in [3.63, 3.8) is 0 Å². The zero-order valence-electron chi connectivity index (χ0n) is 22.9. The maximum Gasteiger partial charge on any atom is 0.258 e. The number of amides is 3. The highest BCUT2D eigenvalue weighted by atomic mass is 16.6. The van der Waals surface area contributed by atoms with E-state index in [1.807, 2.05) is 0 Å². The van der Waals surface area contributed by atoms with Gasteiger partial charge in [-0.2, -0.15) is 0 Å². The number of aliphatic hydroxyl groups excluding tert-OH is 1. The number of rotatable bonds is 20. The molecule has 0 spiro atoms. The fraction of sp³-hybridized carbons (Fsp3) is 0.556. The molecule has 0 aromatic heterocycles. The number of carbonyl (C=O) groups excluding carboxylic acids is 4. The third-order valence-electron chi connectivity index (χ3n) is 5.80. The smallest absolute Gasteiger partial charge is 0.258 e. The van der Waals surface area contributed by atoms with Crippen LogP contribution in [0.5, 0.6) is 5.75 Å². The van der Waals surface area contributed by atoms with Crippen LogP contribution in [0.4, 0.5) is 0 Å². The summed E-state index contributed by atoms with van der Waals surface area (Å²) in [5.41, 5.74) is 0.666. The molecule has 1 aliphatic rings. The summed E-state index contributed by atoms with van der Waals surface area (Å²) >= 11 is 0. The summed E-state index contributed by atoms with van der Waals surface area (Å²) in [4.78, 5) is 50.7. The summed E-state index contributed by atoms with van der Waals surface area (Å²) in [6.45, 7) is 6.57. The van der Waals surface area contributed by atoms with Gasteiger partial charge in [0.25, 0.3) is 11.8 Å². The number of nitrogens with zero attached hydrogens (tertiary/aromatic N) is 1. The molecule has 1 aromatic carbocycles. The summed E-state index contributed by atoms with van der Waals surface area (Å²) in [6, 6.07) is 3.81. The largest absolute Gasteiger partial charge is 0.483 e. The van der Waals surface area contributed by atoms with Gasteiger partial charge in [-0.05, 0) is 25.0 Å². The van der Waals surface area contributed by atoms with E-state index in [0.29, 0.717) is 71.1 Å². The molecule has 13 heteroatoms. The lowest BCUT2D eigenvalue weighted by Crippen LogP contribution is -2.50. The quantitative estimate of drug-likeness (QED) is 0.144. The van der Waals surface area contributed by atoms with Gasteiger partial charge in [0.15, 0.2) is 12.9 Å². The summed E-state index contributed by atoms with van der Waals surface area (Å²) in [7, 11) is 1.50. The molecule has 1 aliphatic heterocycles. The van der Waals surface area contributed by atoms with Crippen molar-refractivity contribution in [1.29, 1.82) is 0 Å². The number of nitrogens with one attached hydrogen (secondary N) is 2. The Morgan fingerprint density at radius 2 is 1.70 bits per heavy atom. The zero-order chi connectivity index (χ0) is 29.2. The van der Waals surface area contributed by atoms with Crippen LogP contribution in [-0.4, -0.2) is 120 Å². The Hall–Kier alpha value is -3.36. The highest BCUT2D eigenvalue weighted by Crippen LogP contribution is 2.24. The molecule has 3 N–H and O–H groups in total. The summed E-state index contributed by atoms with van der Waals surface area (Å²) in [5, 5.41) is 13.9. The zero-order valence-corrected chi connectivity index (χ0v) is 22.9. The van der Waals surface area contributed by atoms with Crippen LogP contribution in [0.2, 0.25) is 0 Å². The molecule has 1 aromatic rings. The third kappa shape index (κ3) is 11.4. The third-order valence-corrected chi connectivity index (χ3v) is 5.80. The average Bonchev–Trinajstić information content (AvgIpc) is 2.95. The second kappa shape index (κ2) is 18.8. The minimum absolute atomic E-state index is 0.00320. The number of ether oxygens (including phenoxy) is 5. The normalized spacial score (nSPS) is 14.9. The van der Waals surface area contributed by atoms with Crippen LogP contribution in [-0.2, 0) is 28.5 Å². The highest BCUT2D eigenvalue weighted by molar-refractivity contribution is 6.04. The lowest BCUT2D eigenvalue weighted by molar-refractivity contribution is -0.126. The van der Waals surface area contributed by atoms with Gasteiger partial charge >= 0.3 is 0 Å². The van der Waals surface area contributed by atoms with Crippen LogP contribution in [0.3, 0.4) is 0 Å². The molecule has 0 saturated carbocycles. The molecule has 3 amide bonds. The minimum atomic E-state index is -0.690. The average molecular weight is 566 g/mol. The molecular formula is C27H39N3O10. The number of likely N-dealkylation sites (N-methyl/N-ethyl adjacent to an activating group) is 1. The van der Waals surface area contributed by atoms with Gasteiger partial charge in [0.05, 0.1) is 70.6 Å². The monoisotopic (exact) mass is 565 g/mol. The van der Waals surface area contributed by atoms with E-state index < -0.39 is 17.9 Å². The topological polar surface area (TPSA) is 162 Å². The molecule has 222 valence electrons. The van der Waals surface area contributed by atoms with Crippen molar-refractivity contribution in [2.75, 3.05) is 79.7 Å². The van der Waals surface area contributed by atoms with Crippen molar-refractivity contribution >= 4 is 24.0 Å². The van der Waals surface area contributed by atoms with Gasteiger partial charge in [-0.25, -0.2) is 0 Å². The fourth-order valence-corrected chi connectivity index (χ4v) is 3.72. The van der Waals surface area contributed by atoms with E-state index in [2.05, 4.69) is 17.2 Å². The van der Waals surface area contributed by atoms with Crippen molar-refractivity contribution in [1.82, 2.24) is 15.5 Å². The molecule has 2 rings (SSSR count). The predicted molar refractivity (Wildman–Crippen MR) is 143 cm³/mol. The maximum atomic E-state index is 13.1. The second-order valence-electron chi connectivity index (χ2n) is 8.71. The first kappa shape index (κ1) is 32.8. The molecule has 0 aliphatic carbocycles. The van der Waals surface area contributed by atoms with Gasteiger partial charge in [-0.3, -0.25) is 19.2 Å². The molecule has 1 unspecified atom stereocenters. The van der Waals surface area contributed by atoms with E-state index in [4.69, 9.17) is 28.8 Å². The number of benzene rings is 1. The van der Waals surface area contributed by atoms with Gasteiger partial charge in [0, 0.05) is 19.3 Å². The first-order valence-electron chi connectivity index (χ1n) is 13.0. The van der Waals surface area contributed by atoms with Crippen LogP contribution in [0, 0.1) is 0 Å². The minimum Gasteiger partial charge on any atom is -0.483 e. The standard InChI is InChI=1S/C27H39N3O10/c1-20-6-7-23(26(34)29-20)30(2)27(35)21-4-3-5-24(22(21)18-32)40-19-25(33)28-8-10-36-12-14-38-16-17-39-15-13-37-11-9-31/h3-5,18,23,31H,1,6-17,19H2,2H3,(H,28,33)(H,29,34). The van der Waals surface area contributed by atoms with Crippen molar-refractivity contribution in [2.24, 2.45) is 0 Å². The van der Waals surface area contributed by atoms with E-state index in [1.54, 1.807) is 6.07 Å². The number of aldehydes is 1. The van der Waals surface area contributed by atoms with E-state index in [-0.39, 0.29) is 49.1 Å². The van der Waals surface area contributed by atoms with E-state index in [9.17, 15) is 19.2 Å². The molecular weight excluding hydrogens is 526 g/mol. The summed E-state index contributed by atoms with van der Waals surface area (Å²) in [5.74, 6) is -1.18. The lowest BCUT2D eigenvalue weighted by atomic mass is 10.0. The molecule has 1 atom stereocenters. The van der Waals surface area contributed by atoms with Gasteiger partial charge in [-0.15, -0.1) is 0 Å². The van der Waals surface area contributed by atoms with Crippen molar-refractivity contribution in [2.45, 2.75) is 18.9 Å². The van der Waals surface area contributed by atoms with E-state index in [0.717, 1.165) is 0 Å². The van der Waals surface area contributed by atoms with Gasteiger partial charge in [0.2, 0.25) is 5.91 Å². The number of aliphatic hydroxyl groups is 1. The molecule has 1 fully saturated rings. The predicted octanol–water partition coefficient (Wildman–Crippen LogP) is -0.0829. The van der Waals surface area contributed by atoms with Crippen LogP contribution in [0.25, 0.3) is 0 Å². The van der Waals surface area contributed by atoms with Crippen LogP contribution in [0.1, 0.15) is 33.6 Å². The number of allylic oxidation sites excluding steroid dienone is 1. The Morgan fingerprint density at radius 3 is 2.30 bits per heavy atom. The van der Waals surface area contributed by atoms with Gasteiger partial charge in [0.1, 0.15) is 11.8 Å². The Morgan fingerprint density at radius 1 is 1.07 bits per heavy atom. The van der Waals surface area contributed by atoms with Crippen LogP contribution in [0.15, 0.2) is 30.5 Å². The molecule has 0 radical (unpaired) electrons. The summed E-state index contributed by atoms with van der Waals surface area (Å²) < 4.78 is 26.6. The fourth-order valence-electron chi connectivity index (χ4n) is 3.72. The highest BCUT2D eigenvalue weighted by Gasteiger charge is 2.32. The van der Waals surface area contributed by atoms with E-state index >= 15 is 0 Å². The Labute approximate surface area is 233 Å². The van der Waals surface area contributed by atoms with Gasteiger partial charge in [-0.1, -0.05) is 12.6 Å². The Bertz CT molecular complexity index is 987. The Kier molecular flexibility index (Phi) is 15.5. The maximum absolute atomic E-state index is 13.1. The van der Waals surface area contributed by atoms with Gasteiger partial charge < -0.3 is 44.3 Å². The number of hydrogen-bond donors (Lipinski definition) is 3. The summed E-state index contributed by atoms with van der Waals surface area (Å²) in [6.07, 6.45) is 1.47. The SMILES string of the molecule is C=C1CCC(N(C)C(=O)c2cccc(OCC(=O)NCCOCCOCCOCCOCCO)c2C=O)C(=O)N1. The first-order valence-corrected chi connectivity index (χ1v) is 13.0. The molecule has 40 heavy (non-hydrogen) atoms. The molecule has 13 nitrogen and oxygen atoms in total. The van der Waals surface area contributed by atoms with Crippen molar-refractivity contribution in [3.05, 3.63) is 41.6 Å². The van der Waals surface area contributed by atoms with Crippen molar-refractivity contribution < 1.29 is 48.0 Å². The molecule has 0 bridgehead atoms. The number of piperidine rings is 1.